The van der Waals surface area contributed by atoms with E-state index in [4.69, 9.17) is 4.42 Å². The van der Waals surface area contributed by atoms with Crippen molar-refractivity contribution in [2.75, 3.05) is 40.3 Å². The van der Waals surface area contributed by atoms with Gasteiger partial charge in [0.2, 0.25) is 5.91 Å². The third kappa shape index (κ3) is 10.6. The van der Waals surface area contributed by atoms with E-state index < -0.39 is 0 Å². The zero-order valence-corrected chi connectivity index (χ0v) is 19.8. The molecule has 0 aliphatic carbocycles. The van der Waals surface area contributed by atoms with Crippen LogP contribution in [0.25, 0.3) is 0 Å². The fourth-order valence-electron chi connectivity index (χ4n) is 2.64. The lowest BCUT2D eigenvalue weighted by atomic mass is 10.2. The second-order valence-electron chi connectivity index (χ2n) is 7.06. The largest absolute Gasteiger partial charge is 0.469 e. The van der Waals surface area contributed by atoms with E-state index in [0.717, 1.165) is 25.3 Å². The number of aliphatic imine (C=N–C) groups is 1. The molecule has 1 amide bonds. The molecule has 0 atom stereocenters. The van der Waals surface area contributed by atoms with E-state index >= 15 is 0 Å². The fourth-order valence-corrected chi connectivity index (χ4v) is 2.64. The molecule has 27 heavy (non-hydrogen) atoms. The molecule has 0 aliphatic heterocycles. The van der Waals surface area contributed by atoms with Gasteiger partial charge in [0.05, 0.1) is 6.26 Å². The van der Waals surface area contributed by atoms with Gasteiger partial charge in [-0.05, 0) is 39.8 Å². The molecule has 0 saturated carbocycles. The Morgan fingerprint density at radius 2 is 1.78 bits per heavy atom. The van der Waals surface area contributed by atoms with Crippen LogP contribution in [-0.4, -0.2) is 74.0 Å². The number of hydrogen-bond donors (Lipinski definition) is 2. The van der Waals surface area contributed by atoms with E-state index in [2.05, 4.69) is 48.2 Å². The summed E-state index contributed by atoms with van der Waals surface area (Å²) in [6.45, 7) is 11.3. The van der Waals surface area contributed by atoms with Crippen LogP contribution in [0.1, 0.15) is 33.5 Å². The maximum Gasteiger partial charge on any atom is 0.243 e. The number of guanidine groups is 1. The minimum absolute atomic E-state index is 0. The molecule has 1 rings (SSSR count). The van der Waals surface area contributed by atoms with Gasteiger partial charge >= 0.3 is 0 Å². The third-order valence-corrected chi connectivity index (χ3v) is 4.10. The Hall–Kier alpha value is -1.29. The molecule has 0 unspecified atom stereocenters. The number of rotatable bonds is 10. The SMILES string of the molecule is CC(C)N(CCNC(=NCC(=O)N(C)C)NCCc1ccco1)C(C)C.I. The molecule has 0 aliphatic rings. The van der Waals surface area contributed by atoms with Crippen LogP contribution in [0.15, 0.2) is 27.8 Å². The maximum atomic E-state index is 11.8. The number of nitrogens with zero attached hydrogens (tertiary/aromatic N) is 3. The highest BCUT2D eigenvalue weighted by Crippen LogP contribution is 2.03. The van der Waals surface area contributed by atoms with Crippen LogP contribution in [0.4, 0.5) is 0 Å². The summed E-state index contributed by atoms with van der Waals surface area (Å²) in [6.07, 6.45) is 2.43. The lowest BCUT2D eigenvalue weighted by Crippen LogP contribution is -2.46. The van der Waals surface area contributed by atoms with Gasteiger partial charge in [-0.1, -0.05) is 0 Å². The summed E-state index contributed by atoms with van der Waals surface area (Å²) in [6, 6.07) is 4.80. The Labute approximate surface area is 181 Å². The number of carbonyl (C=O) groups is 1. The van der Waals surface area contributed by atoms with Gasteiger partial charge in [0.25, 0.3) is 0 Å². The van der Waals surface area contributed by atoms with Gasteiger partial charge in [-0.15, -0.1) is 24.0 Å². The first kappa shape index (κ1) is 25.7. The van der Waals surface area contributed by atoms with Crippen LogP contribution in [0.3, 0.4) is 0 Å². The van der Waals surface area contributed by atoms with Crippen molar-refractivity contribution in [2.45, 2.75) is 46.2 Å². The van der Waals surface area contributed by atoms with Crippen molar-refractivity contribution >= 4 is 35.8 Å². The highest BCUT2D eigenvalue weighted by Gasteiger charge is 2.13. The number of carbonyl (C=O) groups excluding carboxylic acids is 1. The van der Waals surface area contributed by atoms with Crippen molar-refractivity contribution in [1.29, 1.82) is 0 Å². The van der Waals surface area contributed by atoms with Crippen LogP contribution in [0.2, 0.25) is 0 Å². The molecule has 1 aromatic heterocycles. The first-order chi connectivity index (χ1) is 12.3. The van der Waals surface area contributed by atoms with Gasteiger partial charge in [-0.2, -0.15) is 0 Å². The summed E-state index contributed by atoms with van der Waals surface area (Å²) in [5.41, 5.74) is 0. The Kier molecular flexibility index (Phi) is 13.2. The molecule has 0 spiro atoms. The number of nitrogens with one attached hydrogen (secondary N) is 2. The average Bonchev–Trinajstić information content (AvgIpc) is 3.07. The highest BCUT2D eigenvalue weighted by molar-refractivity contribution is 14.0. The van der Waals surface area contributed by atoms with Gasteiger partial charge in [-0.25, -0.2) is 4.99 Å². The summed E-state index contributed by atoms with van der Waals surface area (Å²) >= 11 is 0. The topological polar surface area (TPSA) is 73.1 Å². The predicted molar refractivity (Wildman–Crippen MR) is 122 cm³/mol. The van der Waals surface area contributed by atoms with E-state index in [-0.39, 0.29) is 36.4 Å². The zero-order valence-electron chi connectivity index (χ0n) is 17.5. The van der Waals surface area contributed by atoms with E-state index in [9.17, 15) is 4.79 Å². The first-order valence-corrected chi connectivity index (χ1v) is 9.31. The van der Waals surface area contributed by atoms with Crippen molar-refractivity contribution in [1.82, 2.24) is 20.4 Å². The van der Waals surface area contributed by atoms with E-state index in [1.807, 2.05) is 12.1 Å². The number of likely N-dealkylation sites (N-methyl/N-ethyl adjacent to an activating group) is 1. The average molecular weight is 493 g/mol. The number of hydrogen-bond acceptors (Lipinski definition) is 4. The maximum absolute atomic E-state index is 11.8. The monoisotopic (exact) mass is 493 g/mol. The number of halogens is 1. The molecular weight excluding hydrogens is 457 g/mol. The molecule has 0 fully saturated rings. The summed E-state index contributed by atoms with van der Waals surface area (Å²) in [5.74, 6) is 1.55. The van der Waals surface area contributed by atoms with Crippen molar-refractivity contribution < 1.29 is 9.21 Å². The molecule has 0 saturated heterocycles. The summed E-state index contributed by atoms with van der Waals surface area (Å²) in [7, 11) is 3.47. The van der Waals surface area contributed by atoms with Crippen LogP contribution in [0.5, 0.6) is 0 Å². The number of amides is 1. The smallest absolute Gasteiger partial charge is 0.243 e. The fraction of sp³-hybridized carbons (Fsp3) is 0.684. The second-order valence-corrected chi connectivity index (χ2v) is 7.06. The summed E-state index contributed by atoms with van der Waals surface area (Å²) in [5, 5.41) is 6.60. The van der Waals surface area contributed by atoms with Crippen molar-refractivity contribution in [3.8, 4) is 0 Å². The molecule has 0 bridgehead atoms. The lowest BCUT2D eigenvalue weighted by molar-refractivity contribution is -0.127. The van der Waals surface area contributed by atoms with E-state index in [1.54, 1.807) is 25.3 Å². The molecule has 0 aromatic carbocycles. The molecule has 2 N–H and O–H groups in total. The summed E-state index contributed by atoms with van der Waals surface area (Å²) in [4.78, 5) is 20.2. The van der Waals surface area contributed by atoms with Gasteiger partial charge < -0.3 is 20.0 Å². The summed E-state index contributed by atoms with van der Waals surface area (Å²) < 4.78 is 5.34. The standard InChI is InChI=1S/C19H35N5O2.HI/c1-15(2)24(16(3)4)12-11-21-19(22-14-18(25)23(5)6)20-10-9-17-8-7-13-26-17;/h7-8,13,15-16H,9-12,14H2,1-6H3,(H2,20,21,22);1H. The van der Waals surface area contributed by atoms with E-state index in [0.29, 0.717) is 24.6 Å². The number of furan rings is 1. The highest BCUT2D eigenvalue weighted by atomic mass is 127. The molecule has 1 aromatic rings. The van der Waals surface area contributed by atoms with Gasteiger partial charge in [-0.3, -0.25) is 9.69 Å². The Morgan fingerprint density at radius 1 is 1.15 bits per heavy atom. The van der Waals surface area contributed by atoms with E-state index in [1.165, 1.54) is 0 Å². The lowest BCUT2D eigenvalue weighted by Gasteiger charge is -2.30. The third-order valence-electron chi connectivity index (χ3n) is 4.10. The van der Waals surface area contributed by atoms with Crippen LogP contribution < -0.4 is 10.6 Å². The zero-order chi connectivity index (χ0) is 19.5. The Morgan fingerprint density at radius 3 is 2.30 bits per heavy atom. The Bertz CT molecular complexity index is 536. The van der Waals surface area contributed by atoms with Crippen molar-refractivity contribution in [2.24, 2.45) is 4.99 Å². The van der Waals surface area contributed by atoms with Crippen LogP contribution in [0, 0.1) is 0 Å². The minimum Gasteiger partial charge on any atom is -0.469 e. The quantitative estimate of drug-likeness (QED) is 0.297. The van der Waals surface area contributed by atoms with Gasteiger partial charge in [0, 0.05) is 52.2 Å². The molecule has 0 radical (unpaired) electrons. The molecule has 8 heteroatoms. The van der Waals surface area contributed by atoms with Crippen molar-refractivity contribution in [3.05, 3.63) is 24.2 Å². The minimum atomic E-state index is -0.0249. The van der Waals surface area contributed by atoms with Crippen LogP contribution >= 0.6 is 24.0 Å². The predicted octanol–water partition coefficient (Wildman–Crippen LogP) is 2.18. The molecule has 156 valence electrons. The molecule has 1 heterocycles. The second kappa shape index (κ2) is 13.8. The Balaban J connectivity index is 0.00000676. The van der Waals surface area contributed by atoms with Gasteiger partial charge in [0.1, 0.15) is 12.3 Å². The molecular formula is C19H36IN5O2. The molecule has 7 nitrogen and oxygen atoms in total. The first-order valence-electron chi connectivity index (χ1n) is 9.31. The normalized spacial score (nSPS) is 11.7. The van der Waals surface area contributed by atoms with Crippen molar-refractivity contribution in [3.63, 3.8) is 0 Å². The van der Waals surface area contributed by atoms with Gasteiger partial charge in [0.15, 0.2) is 5.96 Å². The van der Waals surface area contributed by atoms with Crippen LogP contribution in [-0.2, 0) is 11.2 Å².